The van der Waals surface area contributed by atoms with Crippen molar-refractivity contribution in [3.05, 3.63) is 24.0 Å². The van der Waals surface area contributed by atoms with Crippen LogP contribution in [0, 0.1) is 5.92 Å². The van der Waals surface area contributed by atoms with E-state index in [0.717, 1.165) is 51.9 Å². The molecule has 1 unspecified atom stereocenters. The fourth-order valence-electron chi connectivity index (χ4n) is 3.07. The lowest BCUT2D eigenvalue weighted by Crippen LogP contribution is -2.38. The van der Waals surface area contributed by atoms with E-state index >= 15 is 0 Å². The van der Waals surface area contributed by atoms with Crippen LogP contribution in [0.5, 0.6) is 0 Å². The minimum atomic E-state index is 0.574. The van der Waals surface area contributed by atoms with Crippen molar-refractivity contribution >= 4 is 0 Å². The maximum Gasteiger partial charge on any atom is 0.0594 e. The molecule has 1 atom stereocenters. The van der Waals surface area contributed by atoms with Crippen molar-refractivity contribution in [2.75, 3.05) is 39.4 Å². The normalized spacial score (nSPS) is 22.1. The van der Waals surface area contributed by atoms with E-state index in [1.807, 2.05) is 0 Å². The topological polar surface area (TPSA) is 29.4 Å². The second-order valence-electron chi connectivity index (χ2n) is 6.01. The first-order valence-electron chi connectivity index (χ1n) is 8.06. The molecule has 1 aromatic rings. The zero-order chi connectivity index (χ0) is 13.8. The van der Waals surface area contributed by atoms with E-state index in [-0.39, 0.29) is 0 Å². The van der Waals surface area contributed by atoms with E-state index in [0.29, 0.717) is 6.04 Å². The van der Waals surface area contributed by atoms with Gasteiger partial charge in [-0.3, -0.25) is 4.90 Å². The number of nitrogens with one attached hydrogen (secondary N) is 1. The third-order valence-electron chi connectivity index (χ3n) is 4.43. The minimum Gasteiger partial charge on any atom is -0.379 e. The monoisotopic (exact) mass is 277 g/mol. The quantitative estimate of drug-likeness (QED) is 0.825. The average Bonchev–Trinajstić information content (AvgIpc) is 3.22. The third kappa shape index (κ3) is 3.62. The average molecular weight is 277 g/mol. The molecule has 0 aromatic carbocycles. The molecule has 3 rings (SSSR count). The number of rotatable bonds is 7. The minimum absolute atomic E-state index is 0.574. The summed E-state index contributed by atoms with van der Waals surface area (Å²) in [5, 5.41) is 3.64. The molecule has 2 aliphatic rings. The second-order valence-corrected chi connectivity index (χ2v) is 6.01. The Balaban J connectivity index is 1.52. The molecule has 2 fully saturated rings. The van der Waals surface area contributed by atoms with Crippen molar-refractivity contribution in [3.63, 3.8) is 0 Å². The van der Waals surface area contributed by atoms with Gasteiger partial charge in [-0.2, -0.15) is 0 Å². The van der Waals surface area contributed by atoms with Crippen LogP contribution in [0.15, 0.2) is 18.5 Å². The summed E-state index contributed by atoms with van der Waals surface area (Å²) < 4.78 is 7.74. The fourth-order valence-corrected chi connectivity index (χ4v) is 3.07. The Kier molecular flexibility index (Phi) is 4.76. The molecular formula is C16H27N3O. The van der Waals surface area contributed by atoms with E-state index in [4.69, 9.17) is 4.74 Å². The maximum atomic E-state index is 5.39. The lowest BCUT2D eigenvalue weighted by Gasteiger charge is -2.26. The van der Waals surface area contributed by atoms with Gasteiger partial charge in [-0.1, -0.05) is 6.92 Å². The van der Waals surface area contributed by atoms with Gasteiger partial charge in [0.05, 0.1) is 13.2 Å². The Morgan fingerprint density at radius 1 is 1.30 bits per heavy atom. The molecular weight excluding hydrogens is 250 g/mol. The number of nitrogens with zero attached hydrogens (tertiary/aromatic N) is 2. The zero-order valence-corrected chi connectivity index (χ0v) is 12.6. The van der Waals surface area contributed by atoms with Gasteiger partial charge in [0.25, 0.3) is 0 Å². The molecule has 0 spiro atoms. The van der Waals surface area contributed by atoms with Gasteiger partial charge >= 0.3 is 0 Å². The van der Waals surface area contributed by atoms with Crippen LogP contribution >= 0.6 is 0 Å². The Morgan fingerprint density at radius 2 is 2.10 bits per heavy atom. The lowest BCUT2D eigenvalue weighted by molar-refractivity contribution is 0.0364. The summed E-state index contributed by atoms with van der Waals surface area (Å²) in [5.74, 6) is 0.866. The molecule has 0 radical (unpaired) electrons. The highest BCUT2D eigenvalue weighted by molar-refractivity contribution is 5.18. The predicted molar refractivity (Wildman–Crippen MR) is 80.8 cm³/mol. The highest BCUT2D eigenvalue weighted by Crippen LogP contribution is 2.40. The van der Waals surface area contributed by atoms with Crippen molar-refractivity contribution in [2.24, 2.45) is 5.92 Å². The van der Waals surface area contributed by atoms with Gasteiger partial charge in [-0.05, 0) is 36.9 Å². The molecule has 2 heterocycles. The van der Waals surface area contributed by atoms with E-state index in [2.05, 4.69) is 40.2 Å². The van der Waals surface area contributed by atoms with Crippen LogP contribution in [0.3, 0.4) is 0 Å². The fraction of sp³-hybridized carbons (Fsp3) is 0.750. The van der Waals surface area contributed by atoms with E-state index in [1.54, 1.807) is 0 Å². The maximum absolute atomic E-state index is 5.39. The summed E-state index contributed by atoms with van der Waals surface area (Å²) in [6, 6.07) is 2.87. The molecule has 1 aliphatic carbocycles. The van der Waals surface area contributed by atoms with Crippen molar-refractivity contribution in [2.45, 2.75) is 32.4 Å². The summed E-state index contributed by atoms with van der Waals surface area (Å²) in [5.41, 5.74) is 1.47. The first kappa shape index (κ1) is 14.1. The highest BCUT2D eigenvalue weighted by Gasteiger charge is 2.31. The van der Waals surface area contributed by atoms with Crippen LogP contribution < -0.4 is 5.32 Å². The Morgan fingerprint density at radius 3 is 2.80 bits per heavy atom. The van der Waals surface area contributed by atoms with E-state index < -0.39 is 0 Å². The largest absolute Gasteiger partial charge is 0.379 e. The Bertz CT molecular complexity index is 408. The summed E-state index contributed by atoms with van der Waals surface area (Å²) in [6.07, 6.45) is 7.35. The summed E-state index contributed by atoms with van der Waals surface area (Å²) in [4.78, 5) is 2.49. The molecule has 4 heteroatoms. The van der Waals surface area contributed by atoms with Crippen LogP contribution in [0.25, 0.3) is 0 Å². The van der Waals surface area contributed by atoms with Gasteiger partial charge in [-0.25, -0.2) is 0 Å². The second kappa shape index (κ2) is 6.74. The van der Waals surface area contributed by atoms with Crippen LogP contribution in [0.4, 0.5) is 0 Å². The predicted octanol–water partition coefficient (Wildman–Crippen LogP) is 1.88. The van der Waals surface area contributed by atoms with Gasteiger partial charge in [0.15, 0.2) is 0 Å². The van der Waals surface area contributed by atoms with Crippen LogP contribution in [-0.2, 0) is 11.3 Å². The molecule has 1 N–H and O–H groups in total. The molecule has 1 saturated carbocycles. The van der Waals surface area contributed by atoms with Crippen molar-refractivity contribution in [1.29, 1.82) is 0 Å². The molecule has 112 valence electrons. The van der Waals surface area contributed by atoms with Crippen LogP contribution in [-0.4, -0.2) is 48.9 Å². The number of ether oxygens (including phenoxy) is 1. The number of hydrogen-bond donors (Lipinski definition) is 1. The lowest BCUT2D eigenvalue weighted by atomic mass is 10.1. The van der Waals surface area contributed by atoms with Gasteiger partial charge in [0.1, 0.15) is 0 Å². The molecule has 4 nitrogen and oxygen atoms in total. The first-order chi connectivity index (χ1) is 9.86. The summed E-state index contributed by atoms with van der Waals surface area (Å²) in [7, 11) is 0. The van der Waals surface area contributed by atoms with Gasteiger partial charge < -0.3 is 14.6 Å². The molecule has 1 aromatic heterocycles. The Labute approximate surface area is 122 Å². The van der Waals surface area contributed by atoms with Crippen LogP contribution in [0.2, 0.25) is 0 Å². The van der Waals surface area contributed by atoms with Gasteiger partial charge in [-0.15, -0.1) is 0 Å². The van der Waals surface area contributed by atoms with Crippen molar-refractivity contribution < 1.29 is 4.74 Å². The molecule has 20 heavy (non-hydrogen) atoms. The smallest absolute Gasteiger partial charge is 0.0594 e. The van der Waals surface area contributed by atoms with Gasteiger partial charge in [0.2, 0.25) is 0 Å². The van der Waals surface area contributed by atoms with Gasteiger partial charge in [0, 0.05) is 44.6 Å². The Hall–Kier alpha value is -0.840. The van der Waals surface area contributed by atoms with Crippen LogP contribution in [0.1, 0.15) is 31.4 Å². The molecule has 0 amide bonds. The standard InChI is InChI=1S/C16H27N3O/c1-2-17-16(14-3-4-14)15-5-6-19(13-15)8-7-18-9-11-20-12-10-18/h5-6,13-14,16-17H,2-4,7-12H2,1H3. The summed E-state index contributed by atoms with van der Waals surface area (Å²) in [6.45, 7) is 9.41. The number of morpholine rings is 1. The van der Waals surface area contributed by atoms with E-state index in [1.165, 1.54) is 18.4 Å². The van der Waals surface area contributed by atoms with Crippen molar-refractivity contribution in [3.8, 4) is 0 Å². The number of aromatic nitrogens is 1. The first-order valence-corrected chi connectivity index (χ1v) is 8.06. The molecule has 1 aliphatic heterocycles. The highest BCUT2D eigenvalue weighted by atomic mass is 16.5. The SMILES string of the molecule is CCNC(c1ccn(CCN2CCOCC2)c1)C1CC1. The molecule has 0 bridgehead atoms. The third-order valence-corrected chi connectivity index (χ3v) is 4.43. The van der Waals surface area contributed by atoms with Crippen molar-refractivity contribution in [1.82, 2.24) is 14.8 Å². The molecule has 1 saturated heterocycles. The summed E-state index contributed by atoms with van der Waals surface area (Å²) >= 11 is 0. The number of hydrogen-bond acceptors (Lipinski definition) is 3. The van der Waals surface area contributed by atoms with E-state index in [9.17, 15) is 0 Å². The zero-order valence-electron chi connectivity index (χ0n) is 12.6.